The molecule has 1 fully saturated rings. The number of carbonyl (C=O) groups excluding carboxylic acids is 1. The molecular formula is C18H24N4O3. The van der Waals surface area contributed by atoms with Crippen LogP contribution in [0.4, 0.5) is 0 Å². The summed E-state index contributed by atoms with van der Waals surface area (Å²) in [6.07, 6.45) is 1.59. The van der Waals surface area contributed by atoms with Crippen molar-refractivity contribution in [2.75, 3.05) is 53.6 Å². The van der Waals surface area contributed by atoms with Gasteiger partial charge in [-0.1, -0.05) is 12.1 Å². The standard InChI is InChI=1S/C18H24N4O3/c1-21(6-7-22-8-10-25-11-9-22)18(23)16-13-19-20-17(16)14-4-3-5-15(12-14)24-2/h3-5,12-13H,6-11H2,1-2H3,(H,19,20). The molecule has 0 saturated carbocycles. The van der Waals surface area contributed by atoms with Crippen LogP contribution in [0.25, 0.3) is 11.3 Å². The lowest BCUT2D eigenvalue weighted by molar-refractivity contribution is 0.0338. The van der Waals surface area contributed by atoms with E-state index in [4.69, 9.17) is 9.47 Å². The Labute approximate surface area is 147 Å². The summed E-state index contributed by atoms with van der Waals surface area (Å²) in [5, 5.41) is 7.00. The van der Waals surface area contributed by atoms with Crippen LogP contribution in [0.5, 0.6) is 5.75 Å². The van der Waals surface area contributed by atoms with E-state index in [1.807, 2.05) is 31.3 Å². The number of nitrogens with zero attached hydrogens (tertiary/aromatic N) is 3. The average molecular weight is 344 g/mol. The number of aromatic nitrogens is 2. The molecule has 0 unspecified atom stereocenters. The van der Waals surface area contributed by atoms with Crippen molar-refractivity contribution in [1.29, 1.82) is 0 Å². The summed E-state index contributed by atoms with van der Waals surface area (Å²) in [6.45, 7) is 4.88. The van der Waals surface area contributed by atoms with Crippen molar-refractivity contribution >= 4 is 5.91 Å². The third-order valence-corrected chi connectivity index (χ3v) is 4.43. The average Bonchev–Trinajstić information content (AvgIpc) is 3.16. The van der Waals surface area contributed by atoms with Gasteiger partial charge in [-0.25, -0.2) is 0 Å². The van der Waals surface area contributed by atoms with Crippen LogP contribution in [0, 0.1) is 0 Å². The van der Waals surface area contributed by atoms with Crippen LogP contribution in [-0.4, -0.2) is 79.5 Å². The van der Waals surface area contributed by atoms with Crippen LogP contribution in [-0.2, 0) is 4.74 Å². The van der Waals surface area contributed by atoms with Crippen LogP contribution in [0.3, 0.4) is 0 Å². The van der Waals surface area contributed by atoms with Crippen LogP contribution < -0.4 is 4.74 Å². The number of aromatic amines is 1. The number of carbonyl (C=O) groups is 1. The highest BCUT2D eigenvalue weighted by Gasteiger charge is 2.20. The lowest BCUT2D eigenvalue weighted by atomic mass is 10.1. The Morgan fingerprint density at radius 3 is 2.96 bits per heavy atom. The number of nitrogens with one attached hydrogen (secondary N) is 1. The molecule has 3 rings (SSSR count). The van der Waals surface area contributed by atoms with E-state index in [0.717, 1.165) is 44.2 Å². The molecule has 1 aliphatic heterocycles. The highest BCUT2D eigenvalue weighted by Crippen LogP contribution is 2.25. The molecule has 1 aromatic carbocycles. The topological polar surface area (TPSA) is 70.7 Å². The second kappa shape index (κ2) is 8.13. The molecule has 0 aliphatic carbocycles. The van der Waals surface area contributed by atoms with E-state index in [-0.39, 0.29) is 5.91 Å². The molecule has 1 aliphatic rings. The second-order valence-corrected chi connectivity index (χ2v) is 6.07. The second-order valence-electron chi connectivity index (χ2n) is 6.07. The number of methoxy groups -OCH3 is 1. The van der Waals surface area contributed by atoms with Crippen molar-refractivity contribution in [3.8, 4) is 17.0 Å². The summed E-state index contributed by atoms with van der Waals surface area (Å²) in [5.41, 5.74) is 2.15. The first-order chi connectivity index (χ1) is 12.2. The van der Waals surface area contributed by atoms with E-state index in [9.17, 15) is 4.79 Å². The Bertz CT molecular complexity index is 710. The molecule has 7 nitrogen and oxygen atoms in total. The maximum Gasteiger partial charge on any atom is 0.257 e. The number of hydrogen-bond acceptors (Lipinski definition) is 5. The molecule has 1 saturated heterocycles. The fourth-order valence-electron chi connectivity index (χ4n) is 2.87. The third kappa shape index (κ3) is 4.18. The molecule has 7 heteroatoms. The van der Waals surface area contributed by atoms with Gasteiger partial charge >= 0.3 is 0 Å². The first-order valence-corrected chi connectivity index (χ1v) is 8.42. The maximum atomic E-state index is 12.8. The van der Waals surface area contributed by atoms with Crippen molar-refractivity contribution in [3.05, 3.63) is 36.0 Å². The molecule has 2 heterocycles. The summed E-state index contributed by atoms with van der Waals surface area (Å²) in [4.78, 5) is 16.9. The number of rotatable bonds is 6. The van der Waals surface area contributed by atoms with Gasteiger partial charge < -0.3 is 14.4 Å². The quantitative estimate of drug-likeness (QED) is 0.860. The Hall–Kier alpha value is -2.38. The Kier molecular flexibility index (Phi) is 5.67. The van der Waals surface area contributed by atoms with E-state index in [1.54, 1.807) is 18.2 Å². The molecule has 1 aromatic heterocycles. The van der Waals surface area contributed by atoms with Crippen LogP contribution in [0.1, 0.15) is 10.4 Å². The SMILES string of the molecule is COc1cccc(-c2[nH]ncc2C(=O)N(C)CCN2CCOCC2)c1. The zero-order valence-electron chi connectivity index (χ0n) is 14.7. The number of morpholine rings is 1. The van der Waals surface area contributed by atoms with Crippen molar-refractivity contribution in [1.82, 2.24) is 20.0 Å². The molecule has 0 atom stereocenters. The van der Waals surface area contributed by atoms with E-state index < -0.39 is 0 Å². The van der Waals surface area contributed by atoms with Gasteiger partial charge in [0.25, 0.3) is 5.91 Å². The monoisotopic (exact) mass is 344 g/mol. The van der Waals surface area contributed by atoms with Crippen molar-refractivity contribution in [3.63, 3.8) is 0 Å². The van der Waals surface area contributed by atoms with Crippen LogP contribution in [0.15, 0.2) is 30.5 Å². The van der Waals surface area contributed by atoms with E-state index in [0.29, 0.717) is 17.8 Å². The third-order valence-electron chi connectivity index (χ3n) is 4.43. The highest BCUT2D eigenvalue weighted by atomic mass is 16.5. The molecule has 0 radical (unpaired) electrons. The van der Waals surface area contributed by atoms with Crippen molar-refractivity contribution < 1.29 is 14.3 Å². The predicted molar refractivity (Wildman–Crippen MR) is 94.8 cm³/mol. The normalized spacial score (nSPS) is 15.1. The van der Waals surface area contributed by atoms with E-state index >= 15 is 0 Å². The Morgan fingerprint density at radius 1 is 1.40 bits per heavy atom. The fraction of sp³-hybridized carbons (Fsp3) is 0.444. The molecule has 134 valence electrons. The van der Waals surface area contributed by atoms with Gasteiger partial charge in [0, 0.05) is 38.8 Å². The molecule has 0 bridgehead atoms. The first kappa shape index (κ1) is 17.4. The molecular weight excluding hydrogens is 320 g/mol. The number of amides is 1. The van der Waals surface area contributed by atoms with Gasteiger partial charge in [0.1, 0.15) is 5.75 Å². The zero-order valence-corrected chi connectivity index (χ0v) is 14.7. The van der Waals surface area contributed by atoms with Crippen molar-refractivity contribution in [2.24, 2.45) is 0 Å². The summed E-state index contributed by atoms with van der Waals surface area (Å²) in [6, 6.07) is 7.58. The van der Waals surface area contributed by atoms with Gasteiger partial charge in [-0.3, -0.25) is 14.8 Å². The van der Waals surface area contributed by atoms with Crippen LogP contribution >= 0.6 is 0 Å². The molecule has 1 N–H and O–H groups in total. The molecule has 0 spiro atoms. The summed E-state index contributed by atoms with van der Waals surface area (Å²) in [5.74, 6) is 0.700. The number of benzene rings is 1. The smallest absolute Gasteiger partial charge is 0.257 e. The Balaban J connectivity index is 1.68. The largest absolute Gasteiger partial charge is 0.497 e. The maximum absolute atomic E-state index is 12.8. The molecule has 1 amide bonds. The van der Waals surface area contributed by atoms with Gasteiger partial charge in [-0.15, -0.1) is 0 Å². The van der Waals surface area contributed by atoms with Crippen LogP contribution in [0.2, 0.25) is 0 Å². The molecule has 25 heavy (non-hydrogen) atoms. The minimum Gasteiger partial charge on any atom is -0.497 e. The first-order valence-electron chi connectivity index (χ1n) is 8.42. The van der Waals surface area contributed by atoms with Gasteiger partial charge in [0.05, 0.1) is 37.8 Å². The minimum absolute atomic E-state index is 0.0418. The predicted octanol–water partition coefficient (Wildman–Crippen LogP) is 1.49. The molecule has 2 aromatic rings. The van der Waals surface area contributed by atoms with Crippen molar-refractivity contribution in [2.45, 2.75) is 0 Å². The lowest BCUT2D eigenvalue weighted by Crippen LogP contribution is -2.41. The van der Waals surface area contributed by atoms with Gasteiger partial charge in [0.15, 0.2) is 0 Å². The zero-order chi connectivity index (χ0) is 17.6. The highest BCUT2D eigenvalue weighted by molar-refractivity contribution is 5.99. The Morgan fingerprint density at radius 2 is 2.20 bits per heavy atom. The number of ether oxygens (including phenoxy) is 2. The van der Waals surface area contributed by atoms with Gasteiger partial charge in [-0.2, -0.15) is 5.10 Å². The lowest BCUT2D eigenvalue weighted by Gasteiger charge is -2.28. The van der Waals surface area contributed by atoms with E-state index in [1.165, 1.54) is 0 Å². The van der Waals surface area contributed by atoms with Gasteiger partial charge in [-0.05, 0) is 12.1 Å². The summed E-state index contributed by atoms with van der Waals surface area (Å²) in [7, 11) is 3.45. The number of H-pyrrole nitrogens is 1. The number of likely N-dealkylation sites (N-methyl/N-ethyl adjacent to an activating group) is 1. The van der Waals surface area contributed by atoms with Gasteiger partial charge in [0.2, 0.25) is 0 Å². The van der Waals surface area contributed by atoms with E-state index in [2.05, 4.69) is 15.1 Å². The number of hydrogen-bond donors (Lipinski definition) is 1. The summed E-state index contributed by atoms with van der Waals surface area (Å²) < 4.78 is 10.6. The fourth-order valence-corrected chi connectivity index (χ4v) is 2.87. The minimum atomic E-state index is -0.0418. The summed E-state index contributed by atoms with van der Waals surface area (Å²) >= 11 is 0.